The lowest BCUT2D eigenvalue weighted by atomic mass is 9.90. The van der Waals surface area contributed by atoms with E-state index in [1.165, 1.54) is 12.1 Å². The molecule has 0 radical (unpaired) electrons. The number of nitro benzene ring substituents is 1. The Balaban J connectivity index is 2.95. The molecule has 0 saturated heterocycles. The van der Waals surface area contributed by atoms with Gasteiger partial charge in [0.2, 0.25) is 0 Å². The van der Waals surface area contributed by atoms with Gasteiger partial charge in [-0.25, -0.2) is 4.39 Å². The van der Waals surface area contributed by atoms with Crippen LogP contribution < -0.4 is 5.32 Å². The van der Waals surface area contributed by atoms with Crippen LogP contribution in [0.2, 0.25) is 0 Å². The Kier molecular flexibility index (Phi) is 5.89. The molecule has 19 heavy (non-hydrogen) atoms. The summed E-state index contributed by atoms with van der Waals surface area (Å²) in [6, 6.07) is 3.91. The van der Waals surface area contributed by atoms with Gasteiger partial charge in [-0.2, -0.15) is 0 Å². The highest BCUT2D eigenvalue weighted by Crippen LogP contribution is 2.25. The van der Waals surface area contributed by atoms with Crippen LogP contribution in [0, 0.1) is 21.8 Å². The Morgan fingerprint density at radius 3 is 2.63 bits per heavy atom. The van der Waals surface area contributed by atoms with Crippen molar-refractivity contribution in [2.75, 3.05) is 6.54 Å². The zero-order chi connectivity index (χ0) is 14.4. The summed E-state index contributed by atoms with van der Waals surface area (Å²) >= 11 is 0. The molecule has 106 valence electrons. The standard InChI is InChI=1S/C14H21FN2O2/c1-4-11(10(3)16-5-2)8-12-9-13(15)6-7-14(12)17(18)19/h6-7,9-11,16H,4-5,8H2,1-3H3. The first kappa shape index (κ1) is 15.6. The second-order valence-electron chi connectivity index (χ2n) is 4.75. The van der Waals surface area contributed by atoms with Gasteiger partial charge < -0.3 is 5.32 Å². The molecule has 0 amide bonds. The van der Waals surface area contributed by atoms with E-state index in [0.717, 1.165) is 19.0 Å². The van der Waals surface area contributed by atoms with Crippen LogP contribution in [-0.2, 0) is 6.42 Å². The van der Waals surface area contributed by atoms with Crippen molar-refractivity contribution in [3.8, 4) is 0 Å². The van der Waals surface area contributed by atoms with Gasteiger partial charge >= 0.3 is 0 Å². The van der Waals surface area contributed by atoms with Gasteiger partial charge in [0.15, 0.2) is 0 Å². The average molecular weight is 268 g/mol. The molecule has 0 aliphatic heterocycles. The molecule has 1 aromatic rings. The molecule has 0 aliphatic rings. The first-order chi connectivity index (χ1) is 8.99. The quantitative estimate of drug-likeness (QED) is 0.609. The minimum atomic E-state index is -0.445. The molecule has 0 spiro atoms. The molecule has 1 N–H and O–H groups in total. The Hall–Kier alpha value is -1.49. The van der Waals surface area contributed by atoms with Gasteiger partial charge in [0.1, 0.15) is 5.82 Å². The zero-order valence-electron chi connectivity index (χ0n) is 11.6. The predicted octanol–water partition coefficient (Wildman–Crippen LogP) is 3.30. The fourth-order valence-corrected chi connectivity index (χ4v) is 2.34. The van der Waals surface area contributed by atoms with Crippen molar-refractivity contribution >= 4 is 5.69 Å². The highest BCUT2D eigenvalue weighted by Gasteiger charge is 2.21. The van der Waals surface area contributed by atoms with Crippen LogP contribution in [0.4, 0.5) is 10.1 Å². The summed E-state index contributed by atoms with van der Waals surface area (Å²) in [5.74, 6) is -0.174. The van der Waals surface area contributed by atoms with E-state index in [1.54, 1.807) is 0 Å². The fraction of sp³-hybridized carbons (Fsp3) is 0.571. The normalized spacial score (nSPS) is 14.1. The largest absolute Gasteiger partial charge is 0.314 e. The summed E-state index contributed by atoms with van der Waals surface area (Å²) < 4.78 is 13.3. The summed E-state index contributed by atoms with van der Waals surface area (Å²) in [6.45, 7) is 6.98. The van der Waals surface area contributed by atoms with Crippen molar-refractivity contribution in [2.24, 2.45) is 5.92 Å². The van der Waals surface area contributed by atoms with E-state index in [-0.39, 0.29) is 17.6 Å². The van der Waals surface area contributed by atoms with E-state index in [4.69, 9.17) is 0 Å². The average Bonchev–Trinajstić information content (AvgIpc) is 2.35. The second kappa shape index (κ2) is 7.19. The minimum absolute atomic E-state index is 0.00329. The van der Waals surface area contributed by atoms with Crippen LogP contribution in [0.3, 0.4) is 0 Å². The van der Waals surface area contributed by atoms with Crippen LogP contribution in [0.5, 0.6) is 0 Å². The molecule has 4 nitrogen and oxygen atoms in total. The van der Waals surface area contributed by atoms with Gasteiger partial charge in [0, 0.05) is 17.7 Å². The molecule has 2 atom stereocenters. The van der Waals surface area contributed by atoms with Crippen LogP contribution in [-0.4, -0.2) is 17.5 Å². The van der Waals surface area contributed by atoms with Crippen LogP contribution in [0.15, 0.2) is 18.2 Å². The van der Waals surface area contributed by atoms with Gasteiger partial charge in [0.05, 0.1) is 4.92 Å². The topological polar surface area (TPSA) is 55.2 Å². The predicted molar refractivity (Wildman–Crippen MR) is 73.7 cm³/mol. The van der Waals surface area contributed by atoms with E-state index in [0.29, 0.717) is 12.0 Å². The SMILES string of the molecule is CCNC(C)C(CC)Cc1cc(F)ccc1[N+](=O)[O-]. The Bertz CT molecular complexity index is 437. The number of nitrogens with zero attached hydrogens (tertiary/aromatic N) is 1. The first-order valence-corrected chi connectivity index (χ1v) is 6.65. The third-order valence-corrected chi connectivity index (χ3v) is 3.48. The van der Waals surface area contributed by atoms with Crippen molar-refractivity contribution in [2.45, 2.75) is 39.7 Å². The molecule has 0 bridgehead atoms. The molecule has 0 aromatic heterocycles. The second-order valence-corrected chi connectivity index (χ2v) is 4.75. The van der Waals surface area contributed by atoms with E-state index in [1.807, 2.05) is 13.8 Å². The smallest absolute Gasteiger partial charge is 0.272 e. The third kappa shape index (κ3) is 4.28. The lowest BCUT2D eigenvalue weighted by Gasteiger charge is -2.23. The molecule has 0 fully saturated rings. The van der Waals surface area contributed by atoms with Gasteiger partial charge in [-0.3, -0.25) is 10.1 Å². The first-order valence-electron chi connectivity index (χ1n) is 6.65. The van der Waals surface area contributed by atoms with E-state index >= 15 is 0 Å². The van der Waals surface area contributed by atoms with Crippen molar-refractivity contribution in [3.05, 3.63) is 39.7 Å². The Labute approximate surface area is 113 Å². The Morgan fingerprint density at radius 2 is 2.11 bits per heavy atom. The maximum atomic E-state index is 13.3. The van der Waals surface area contributed by atoms with Crippen LogP contribution in [0.25, 0.3) is 0 Å². The number of benzene rings is 1. The molecular weight excluding hydrogens is 247 g/mol. The molecule has 0 heterocycles. The maximum Gasteiger partial charge on any atom is 0.272 e. The number of nitro groups is 1. The van der Waals surface area contributed by atoms with Crippen molar-refractivity contribution in [3.63, 3.8) is 0 Å². The van der Waals surface area contributed by atoms with Gasteiger partial charge in [-0.1, -0.05) is 20.3 Å². The summed E-state index contributed by atoms with van der Waals surface area (Å²) in [4.78, 5) is 10.5. The number of halogens is 1. The van der Waals surface area contributed by atoms with Crippen molar-refractivity contribution in [1.29, 1.82) is 0 Å². The summed E-state index contributed by atoms with van der Waals surface area (Å²) in [5.41, 5.74) is 0.477. The van der Waals surface area contributed by atoms with Crippen molar-refractivity contribution < 1.29 is 9.31 Å². The number of rotatable bonds is 7. The van der Waals surface area contributed by atoms with Crippen molar-refractivity contribution in [1.82, 2.24) is 5.32 Å². The molecule has 5 heteroatoms. The van der Waals surface area contributed by atoms with Crippen LogP contribution >= 0.6 is 0 Å². The lowest BCUT2D eigenvalue weighted by molar-refractivity contribution is -0.385. The summed E-state index contributed by atoms with van der Waals surface area (Å²) in [6.07, 6.45) is 1.40. The monoisotopic (exact) mass is 268 g/mol. The number of hydrogen-bond donors (Lipinski definition) is 1. The number of hydrogen-bond acceptors (Lipinski definition) is 3. The highest BCUT2D eigenvalue weighted by atomic mass is 19.1. The third-order valence-electron chi connectivity index (χ3n) is 3.48. The maximum absolute atomic E-state index is 13.3. The minimum Gasteiger partial charge on any atom is -0.314 e. The zero-order valence-corrected chi connectivity index (χ0v) is 11.6. The summed E-state index contributed by atoms with van der Waals surface area (Å²) in [7, 11) is 0. The molecule has 2 unspecified atom stereocenters. The van der Waals surface area contributed by atoms with Gasteiger partial charge in [-0.15, -0.1) is 0 Å². The Morgan fingerprint density at radius 1 is 1.42 bits per heavy atom. The van der Waals surface area contributed by atoms with E-state index < -0.39 is 10.7 Å². The molecular formula is C14H21FN2O2. The summed E-state index contributed by atoms with van der Waals surface area (Å²) in [5, 5.41) is 14.3. The highest BCUT2D eigenvalue weighted by molar-refractivity contribution is 5.40. The molecule has 1 rings (SSSR count). The molecule has 0 saturated carbocycles. The van der Waals surface area contributed by atoms with E-state index in [9.17, 15) is 14.5 Å². The molecule has 1 aromatic carbocycles. The van der Waals surface area contributed by atoms with Gasteiger partial charge in [-0.05, 0) is 37.9 Å². The van der Waals surface area contributed by atoms with Crippen LogP contribution in [0.1, 0.15) is 32.8 Å². The molecule has 0 aliphatic carbocycles. The number of nitrogens with one attached hydrogen (secondary N) is 1. The van der Waals surface area contributed by atoms with E-state index in [2.05, 4.69) is 12.2 Å². The lowest BCUT2D eigenvalue weighted by Crippen LogP contribution is -2.34. The van der Waals surface area contributed by atoms with Gasteiger partial charge in [0.25, 0.3) is 5.69 Å². The fourth-order valence-electron chi connectivity index (χ4n) is 2.34.